The van der Waals surface area contributed by atoms with Crippen molar-refractivity contribution >= 4 is 27.3 Å². The topological polar surface area (TPSA) is 64.4 Å². The molecule has 110 valence electrons. The second-order valence-electron chi connectivity index (χ2n) is 4.21. The molecule has 0 amide bonds. The van der Waals surface area contributed by atoms with Gasteiger partial charge in [-0.2, -0.15) is 0 Å². The van der Waals surface area contributed by atoms with Crippen LogP contribution in [0.5, 0.6) is 5.75 Å². The van der Waals surface area contributed by atoms with Gasteiger partial charge in [-0.1, -0.05) is 12.1 Å². The first-order valence-electron chi connectivity index (χ1n) is 6.02. The maximum absolute atomic E-state index is 14.0. The van der Waals surface area contributed by atoms with Crippen molar-refractivity contribution in [3.05, 3.63) is 62.4 Å². The van der Waals surface area contributed by atoms with Crippen molar-refractivity contribution in [3.63, 3.8) is 0 Å². The van der Waals surface area contributed by atoms with E-state index in [2.05, 4.69) is 21.2 Å². The Labute approximate surface area is 129 Å². The minimum Gasteiger partial charge on any atom is -0.497 e. The summed E-state index contributed by atoms with van der Waals surface area (Å²) in [6.45, 7) is 0.262. The number of anilines is 1. The lowest BCUT2D eigenvalue weighted by Crippen LogP contribution is -2.05. The number of rotatable bonds is 5. The number of nitrogens with one attached hydrogen (secondary N) is 1. The molecule has 0 aliphatic carbocycles. The molecule has 0 saturated heterocycles. The molecule has 1 N–H and O–H groups in total. The molecule has 0 spiro atoms. The Balaban J connectivity index is 2.22. The van der Waals surface area contributed by atoms with E-state index in [4.69, 9.17) is 4.74 Å². The van der Waals surface area contributed by atoms with Gasteiger partial charge < -0.3 is 10.1 Å². The fourth-order valence-corrected chi connectivity index (χ4v) is 2.13. The zero-order valence-electron chi connectivity index (χ0n) is 11.1. The van der Waals surface area contributed by atoms with Gasteiger partial charge in [-0.3, -0.25) is 10.1 Å². The maximum Gasteiger partial charge on any atom is 0.295 e. The maximum atomic E-state index is 14.0. The monoisotopic (exact) mass is 354 g/mol. The number of ether oxygens (including phenoxy) is 1. The van der Waals surface area contributed by atoms with Gasteiger partial charge in [0.05, 0.1) is 16.5 Å². The van der Waals surface area contributed by atoms with Crippen molar-refractivity contribution in [2.24, 2.45) is 0 Å². The highest BCUT2D eigenvalue weighted by molar-refractivity contribution is 9.10. The van der Waals surface area contributed by atoms with Gasteiger partial charge in [-0.25, -0.2) is 4.39 Å². The first-order chi connectivity index (χ1) is 10.0. The number of halogens is 2. The van der Waals surface area contributed by atoms with Crippen LogP contribution < -0.4 is 10.1 Å². The van der Waals surface area contributed by atoms with Crippen LogP contribution in [0.3, 0.4) is 0 Å². The Morgan fingerprint density at radius 1 is 1.29 bits per heavy atom. The highest BCUT2D eigenvalue weighted by atomic mass is 79.9. The molecule has 0 radical (unpaired) electrons. The third-order valence-corrected chi connectivity index (χ3v) is 3.51. The molecule has 0 aliphatic rings. The number of nitro groups is 1. The zero-order chi connectivity index (χ0) is 15.4. The molecule has 2 rings (SSSR count). The molecule has 0 aliphatic heterocycles. The molecule has 0 heterocycles. The average Bonchev–Trinajstić information content (AvgIpc) is 2.49. The van der Waals surface area contributed by atoms with Crippen LogP contribution in [0.15, 0.2) is 40.9 Å². The molecule has 0 atom stereocenters. The first-order valence-corrected chi connectivity index (χ1v) is 6.81. The summed E-state index contributed by atoms with van der Waals surface area (Å²) < 4.78 is 19.2. The van der Waals surface area contributed by atoms with Crippen molar-refractivity contribution < 1.29 is 14.1 Å². The second-order valence-corrected chi connectivity index (χ2v) is 5.07. The number of nitrogens with zero attached hydrogens (tertiary/aromatic N) is 1. The molecular weight excluding hydrogens is 343 g/mol. The predicted molar refractivity (Wildman–Crippen MR) is 81.1 cm³/mol. The minimum atomic E-state index is -0.683. The zero-order valence-corrected chi connectivity index (χ0v) is 12.7. The largest absolute Gasteiger partial charge is 0.497 e. The minimum absolute atomic E-state index is 0.134. The van der Waals surface area contributed by atoms with E-state index in [0.29, 0.717) is 5.75 Å². The normalized spacial score (nSPS) is 10.2. The van der Waals surface area contributed by atoms with Crippen LogP contribution in [-0.2, 0) is 6.54 Å². The number of nitro benzene ring substituents is 1. The predicted octanol–water partition coefficient (Wildman–Crippen LogP) is 4.12. The highest BCUT2D eigenvalue weighted by Crippen LogP contribution is 2.32. The third kappa shape index (κ3) is 3.49. The summed E-state index contributed by atoms with van der Waals surface area (Å²) in [5.74, 6) is 0.0241. The molecule has 0 aromatic heterocycles. The lowest BCUT2D eigenvalue weighted by Gasteiger charge is -2.10. The van der Waals surface area contributed by atoms with Gasteiger partial charge in [0.1, 0.15) is 5.75 Å². The summed E-state index contributed by atoms with van der Waals surface area (Å²) >= 11 is 3.02. The Kier molecular flexibility index (Phi) is 4.74. The molecule has 0 unspecified atom stereocenters. The number of hydrogen-bond donors (Lipinski definition) is 1. The van der Waals surface area contributed by atoms with E-state index in [1.165, 1.54) is 12.1 Å². The summed E-state index contributed by atoms with van der Waals surface area (Å²) in [5, 5.41) is 13.7. The smallest absolute Gasteiger partial charge is 0.295 e. The van der Waals surface area contributed by atoms with Crippen LogP contribution in [0.1, 0.15) is 5.56 Å². The quantitative estimate of drug-likeness (QED) is 0.647. The van der Waals surface area contributed by atoms with E-state index in [1.54, 1.807) is 31.4 Å². The summed E-state index contributed by atoms with van der Waals surface area (Å²) in [6.07, 6.45) is 0. The van der Waals surface area contributed by atoms with E-state index >= 15 is 0 Å². The summed E-state index contributed by atoms with van der Waals surface area (Å²) in [5.41, 5.74) is 0.416. The van der Waals surface area contributed by atoms with E-state index in [-0.39, 0.29) is 22.4 Å². The van der Waals surface area contributed by atoms with Gasteiger partial charge >= 0.3 is 0 Å². The van der Waals surface area contributed by atoms with Crippen LogP contribution >= 0.6 is 15.9 Å². The summed E-state index contributed by atoms with van der Waals surface area (Å²) in [6, 6.07) is 9.70. The molecule has 0 fully saturated rings. The van der Waals surface area contributed by atoms with Gasteiger partial charge in [-0.05, 0) is 39.7 Å². The van der Waals surface area contributed by atoms with Crippen molar-refractivity contribution in [3.8, 4) is 5.75 Å². The van der Waals surface area contributed by atoms with Gasteiger partial charge in [0.15, 0.2) is 11.5 Å². The van der Waals surface area contributed by atoms with Gasteiger partial charge in [0.25, 0.3) is 5.69 Å². The summed E-state index contributed by atoms with van der Waals surface area (Å²) in [4.78, 5) is 10.3. The number of benzene rings is 2. The fourth-order valence-electron chi connectivity index (χ4n) is 1.79. The van der Waals surface area contributed by atoms with Crippen molar-refractivity contribution in [1.82, 2.24) is 0 Å². The van der Waals surface area contributed by atoms with E-state index in [0.717, 1.165) is 5.56 Å². The molecule has 0 saturated carbocycles. The molecule has 2 aromatic carbocycles. The molecule has 5 nitrogen and oxygen atoms in total. The van der Waals surface area contributed by atoms with Crippen molar-refractivity contribution in [2.75, 3.05) is 12.4 Å². The van der Waals surface area contributed by atoms with E-state index in [9.17, 15) is 14.5 Å². The van der Waals surface area contributed by atoms with Gasteiger partial charge in [0, 0.05) is 12.6 Å². The van der Waals surface area contributed by atoms with E-state index < -0.39 is 10.7 Å². The van der Waals surface area contributed by atoms with Crippen molar-refractivity contribution in [1.29, 1.82) is 0 Å². The van der Waals surface area contributed by atoms with E-state index in [1.807, 2.05) is 0 Å². The van der Waals surface area contributed by atoms with Crippen LogP contribution in [-0.4, -0.2) is 12.0 Å². The lowest BCUT2D eigenvalue weighted by atomic mass is 10.2. The molecule has 21 heavy (non-hydrogen) atoms. The van der Waals surface area contributed by atoms with Crippen molar-refractivity contribution in [2.45, 2.75) is 6.54 Å². The Morgan fingerprint density at radius 2 is 1.95 bits per heavy atom. The number of hydrogen-bond acceptors (Lipinski definition) is 4. The molecule has 0 bridgehead atoms. The molecule has 2 aromatic rings. The standard InChI is InChI=1S/C14H12BrFN2O3/c1-21-10-4-2-9(3-5-10)8-17-14-12(18(19)20)7-6-11(15)13(14)16/h2-7,17H,8H2,1H3. The Bertz CT molecular complexity index is 662. The lowest BCUT2D eigenvalue weighted by molar-refractivity contribution is -0.384. The van der Waals surface area contributed by atoms with Crippen LogP contribution in [0.4, 0.5) is 15.8 Å². The Hall–Kier alpha value is -2.15. The fraction of sp³-hybridized carbons (Fsp3) is 0.143. The van der Waals surface area contributed by atoms with Gasteiger partial charge in [-0.15, -0.1) is 0 Å². The van der Waals surface area contributed by atoms with Crippen LogP contribution in [0.2, 0.25) is 0 Å². The second kappa shape index (κ2) is 6.53. The van der Waals surface area contributed by atoms with Gasteiger partial charge in [0.2, 0.25) is 0 Å². The number of methoxy groups -OCH3 is 1. The summed E-state index contributed by atoms with van der Waals surface area (Å²) in [7, 11) is 1.56. The molecule has 7 heteroatoms. The average molecular weight is 355 g/mol. The van der Waals surface area contributed by atoms with Crippen LogP contribution in [0, 0.1) is 15.9 Å². The Morgan fingerprint density at radius 3 is 2.52 bits per heavy atom. The third-order valence-electron chi connectivity index (χ3n) is 2.90. The first kappa shape index (κ1) is 15.2. The SMILES string of the molecule is COc1ccc(CNc2c([N+](=O)[O-])ccc(Br)c2F)cc1. The van der Waals surface area contributed by atoms with Crippen LogP contribution in [0.25, 0.3) is 0 Å². The molecular formula is C14H12BrFN2O3. The highest BCUT2D eigenvalue weighted by Gasteiger charge is 2.20.